The van der Waals surface area contributed by atoms with Crippen molar-refractivity contribution in [1.82, 2.24) is 0 Å². The molecule has 4 heteroatoms. The van der Waals surface area contributed by atoms with Gasteiger partial charge in [-0.3, -0.25) is 0 Å². The summed E-state index contributed by atoms with van der Waals surface area (Å²) in [7, 11) is -0.341. The van der Waals surface area contributed by atoms with Crippen LogP contribution in [0.2, 0.25) is 18.1 Å². The maximum Gasteiger partial charge on any atom is 0.272 e. The zero-order chi connectivity index (χ0) is 22.6. The van der Waals surface area contributed by atoms with E-state index in [-0.39, 0.29) is 8.80 Å². The van der Waals surface area contributed by atoms with Crippen LogP contribution in [-0.2, 0) is 0 Å². The van der Waals surface area contributed by atoms with Crippen LogP contribution in [-0.4, -0.2) is 21.8 Å². The number of alkyl halides is 2. The highest BCUT2D eigenvalue weighted by Crippen LogP contribution is 2.38. The standard InChI is InChI=1S/C28H46F2OSi/c1-2-3-6-19-32-20-17-24(18-21-32)8-5-4-7-23-9-11-25(12-10-23)26-13-15-27(16-14-26)31-22-28(29)30/h13-16,23-25,28,32H,2-12,17-22H2,1H3. The third-order valence-electron chi connectivity index (χ3n) is 8.23. The molecule has 2 aliphatic rings. The number of ether oxygens (including phenoxy) is 1. The first-order valence-corrected chi connectivity index (χ1v) is 16.1. The molecule has 0 amide bonds. The molecule has 1 saturated carbocycles. The van der Waals surface area contributed by atoms with E-state index < -0.39 is 13.0 Å². The summed E-state index contributed by atoms with van der Waals surface area (Å²) in [6.07, 6.45) is 16.1. The van der Waals surface area contributed by atoms with E-state index in [0.29, 0.717) is 11.7 Å². The third kappa shape index (κ3) is 9.15. The molecule has 1 heterocycles. The highest BCUT2D eigenvalue weighted by atomic mass is 28.3. The number of hydrogen-bond donors (Lipinski definition) is 0. The maximum atomic E-state index is 12.3. The second-order valence-electron chi connectivity index (χ2n) is 10.7. The van der Waals surface area contributed by atoms with Crippen molar-refractivity contribution in [2.75, 3.05) is 6.61 Å². The van der Waals surface area contributed by atoms with Crippen LogP contribution in [0.3, 0.4) is 0 Å². The van der Waals surface area contributed by atoms with Gasteiger partial charge in [-0.05, 0) is 61.1 Å². The fourth-order valence-corrected chi connectivity index (χ4v) is 9.76. The Balaban J connectivity index is 1.24. The molecule has 2 fully saturated rings. The average Bonchev–Trinajstić information content (AvgIpc) is 2.82. The minimum atomic E-state index is -2.41. The van der Waals surface area contributed by atoms with E-state index in [2.05, 4.69) is 19.1 Å². The van der Waals surface area contributed by atoms with E-state index >= 15 is 0 Å². The van der Waals surface area contributed by atoms with Gasteiger partial charge in [0.15, 0.2) is 0 Å². The summed E-state index contributed by atoms with van der Waals surface area (Å²) in [6.45, 7) is 1.80. The number of hydrogen-bond acceptors (Lipinski definition) is 1. The van der Waals surface area contributed by atoms with Crippen LogP contribution < -0.4 is 4.74 Å². The van der Waals surface area contributed by atoms with Crippen LogP contribution in [0.4, 0.5) is 8.78 Å². The molecule has 182 valence electrons. The third-order valence-corrected chi connectivity index (χ3v) is 11.8. The van der Waals surface area contributed by atoms with Crippen molar-refractivity contribution in [1.29, 1.82) is 0 Å². The fourth-order valence-electron chi connectivity index (χ4n) is 6.14. The average molecular weight is 465 g/mol. The van der Waals surface area contributed by atoms with Gasteiger partial charge < -0.3 is 4.74 Å². The van der Waals surface area contributed by atoms with E-state index in [9.17, 15) is 8.78 Å². The molecular weight excluding hydrogens is 418 g/mol. The Labute approximate surface area is 197 Å². The molecule has 1 aliphatic heterocycles. The Bertz CT molecular complexity index is 604. The van der Waals surface area contributed by atoms with E-state index in [1.807, 2.05) is 12.1 Å². The van der Waals surface area contributed by atoms with Gasteiger partial charge >= 0.3 is 0 Å². The summed E-state index contributed by atoms with van der Waals surface area (Å²) >= 11 is 0. The van der Waals surface area contributed by atoms with Crippen molar-refractivity contribution < 1.29 is 13.5 Å². The Kier molecular flexibility index (Phi) is 11.6. The quantitative estimate of drug-likeness (QED) is 0.209. The Morgan fingerprint density at radius 3 is 2.06 bits per heavy atom. The number of benzene rings is 1. The van der Waals surface area contributed by atoms with Crippen LogP contribution in [0, 0.1) is 11.8 Å². The van der Waals surface area contributed by atoms with Crippen molar-refractivity contribution in [2.45, 2.75) is 121 Å². The second kappa shape index (κ2) is 14.4. The van der Waals surface area contributed by atoms with E-state index in [1.165, 1.54) is 76.2 Å². The highest BCUT2D eigenvalue weighted by Gasteiger charge is 2.23. The molecule has 0 aromatic heterocycles. The number of rotatable bonds is 13. The lowest BCUT2D eigenvalue weighted by molar-refractivity contribution is 0.0819. The van der Waals surface area contributed by atoms with Crippen molar-refractivity contribution in [3.8, 4) is 5.75 Å². The number of unbranched alkanes of at least 4 members (excludes halogenated alkanes) is 3. The van der Waals surface area contributed by atoms with E-state index in [1.54, 1.807) is 31.0 Å². The Morgan fingerprint density at radius 1 is 0.844 bits per heavy atom. The Hall–Kier alpha value is -0.903. The van der Waals surface area contributed by atoms with Crippen LogP contribution in [0.25, 0.3) is 0 Å². The summed E-state index contributed by atoms with van der Waals surface area (Å²) in [5.74, 6) is 3.15. The van der Waals surface area contributed by atoms with Gasteiger partial charge in [0.25, 0.3) is 6.43 Å². The van der Waals surface area contributed by atoms with Crippen LogP contribution >= 0.6 is 0 Å². The van der Waals surface area contributed by atoms with Crippen molar-refractivity contribution >= 4 is 8.80 Å². The Morgan fingerprint density at radius 2 is 1.47 bits per heavy atom. The van der Waals surface area contributed by atoms with Crippen LogP contribution in [0.1, 0.15) is 102 Å². The molecule has 0 radical (unpaired) electrons. The minimum Gasteiger partial charge on any atom is -0.488 e. The molecule has 0 unspecified atom stereocenters. The first kappa shape index (κ1) is 25.7. The second-order valence-corrected chi connectivity index (χ2v) is 14.1. The van der Waals surface area contributed by atoms with Gasteiger partial charge in [0.2, 0.25) is 0 Å². The van der Waals surface area contributed by atoms with Gasteiger partial charge in [0, 0.05) is 8.80 Å². The van der Waals surface area contributed by atoms with Gasteiger partial charge in [-0.2, -0.15) is 0 Å². The molecule has 0 atom stereocenters. The fraction of sp³-hybridized carbons (Fsp3) is 0.786. The first-order chi connectivity index (χ1) is 15.6. The molecular formula is C28H46F2OSi. The van der Waals surface area contributed by atoms with Crippen molar-refractivity contribution in [3.05, 3.63) is 29.8 Å². The summed E-state index contributed by atoms with van der Waals surface area (Å²) < 4.78 is 29.6. The molecule has 0 spiro atoms. The van der Waals surface area contributed by atoms with E-state index in [4.69, 9.17) is 4.74 Å². The summed E-state index contributed by atoms with van der Waals surface area (Å²) in [4.78, 5) is 0. The predicted molar refractivity (Wildman–Crippen MR) is 135 cm³/mol. The highest BCUT2D eigenvalue weighted by molar-refractivity contribution is 6.58. The molecule has 1 aromatic carbocycles. The van der Waals surface area contributed by atoms with Crippen LogP contribution in [0.15, 0.2) is 24.3 Å². The van der Waals surface area contributed by atoms with Gasteiger partial charge in [0.05, 0.1) is 0 Å². The molecule has 32 heavy (non-hydrogen) atoms. The van der Waals surface area contributed by atoms with Gasteiger partial charge in [-0.25, -0.2) is 8.78 Å². The van der Waals surface area contributed by atoms with Crippen molar-refractivity contribution in [3.63, 3.8) is 0 Å². The minimum absolute atomic E-state index is 0.341. The summed E-state index contributed by atoms with van der Waals surface area (Å²) in [5.41, 5.74) is 1.35. The van der Waals surface area contributed by atoms with Crippen molar-refractivity contribution in [2.24, 2.45) is 11.8 Å². The molecule has 0 bridgehead atoms. The molecule has 1 nitrogen and oxygen atoms in total. The lowest BCUT2D eigenvalue weighted by Crippen LogP contribution is -2.21. The lowest BCUT2D eigenvalue weighted by atomic mass is 9.77. The van der Waals surface area contributed by atoms with E-state index in [0.717, 1.165) is 11.8 Å². The zero-order valence-electron chi connectivity index (χ0n) is 20.4. The van der Waals surface area contributed by atoms with Crippen LogP contribution in [0.5, 0.6) is 5.75 Å². The largest absolute Gasteiger partial charge is 0.488 e. The smallest absolute Gasteiger partial charge is 0.272 e. The van der Waals surface area contributed by atoms with Gasteiger partial charge in [0.1, 0.15) is 12.4 Å². The molecule has 3 rings (SSSR count). The summed E-state index contributed by atoms with van der Waals surface area (Å²) in [6, 6.07) is 12.8. The van der Waals surface area contributed by atoms with Gasteiger partial charge in [-0.1, -0.05) is 95.0 Å². The first-order valence-electron chi connectivity index (χ1n) is 13.6. The number of halogens is 2. The molecule has 1 aromatic rings. The van der Waals surface area contributed by atoms with Gasteiger partial charge in [-0.15, -0.1) is 0 Å². The molecule has 1 saturated heterocycles. The maximum absolute atomic E-state index is 12.3. The monoisotopic (exact) mass is 464 g/mol. The molecule has 1 aliphatic carbocycles. The topological polar surface area (TPSA) is 9.23 Å². The SMILES string of the molecule is CCCCC[SiH]1CCC(CCCCC2CCC(c3ccc(OCC(F)F)cc3)CC2)CC1. The zero-order valence-corrected chi connectivity index (χ0v) is 21.5. The normalized spacial score (nSPS) is 26.4. The summed E-state index contributed by atoms with van der Waals surface area (Å²) in [5, 5.41) is 0. The predicted octanol–water partition coefficient (Wildman–Crippen LogP) is 8.99. The molecule has 0 N–H and O–H groups in total. The lowest BCUT2D eigenvalue weighted by Gasteiger charge is -2.30.